The molecule has 0 atom stereocenters. The van der Waals surface area contributed by atoms with Crippen LogP contribution >= 0.6 is 11.8 Å². The number of tetrazole rings is 1. The maximum Gasteiger partial charge on any atom is 0.209 e. The van der Waals surface area contributed by atoms with Gasteiger partial charge in [0.2, 0.25) is 5.16 Å². The summed E-state index contributed by atoms with van der Waals surface area (Å²) in [6, 6.07) is 18.5. The number of aromatic nitrogens is 4. The molecule has 0 bridgehead atoms. The molecule has 0 spiro atoms. The van der Waals surface area contributed by atoms with E-state index in [9.17, 15) is 0 Å². The highest BCUT2D eigenvalue weighted by molar-refractivity contribution is 7.99. The summed E-state index contributed by atoms with van der Waals surface area (Å²) < 4.78 is 7.50. The Morgan fingerprint density at radius 3 is 2.58 bits per heavy atom. The van der Waals surface area contributed by atoms with Gasteiger partial charge in [-0.05, 0) is 46.7 Å². The minimum absolute atomic E-state index is 0.594. The number of thioether (sulfide) groups is 1. The fraction of sp³-hybridized carbons (Fsp3) is 0.316. The Kier molecular flexibility index (Phi) is 7.04. The average Bonchev–Trinajstić information content (AvgIpc) is 3.09. The molecule has 1 N–H and O–H groups in total. The lowest BCUT2D eigenvalue weighted by Gasteiger charge is -2.08. The third-order valence-electron chi connectivity index (χ3n) is 3.81. The quantitative estimate of drug-likeness (QED) is 0.438. The molecule has 0 saturated heterocycles. The molecule has 7 heteroatoms. The van der Waals surface area contributed by atoms with Gasteiger partial charge < -0.3 is 10.1 Å². The highest BCUT2D eigenvalue weighted by Crippen LogP contribution is 2.15. The van der Waals surface area contributed by atoms with Crippen LogP contribution in [0.4, 0.5) is 0 Å². The van der Waals surface area contributed by atoms with Crippen LogP contribution in [0, 0.1) is 0 Å². The summed E-state index contributed by atoms with van der Waals surface area (Å²) >= 11 is 1.68. The van der Waals surface area contributed by atoms with Gasteiger partial charge in [-0.25, -0.2) is 4.68 Å². The number of aryl methyl sites for hydroxylation is 1. The van der Waals surface area contributed by atoms with Gasteiger partial charge in [-0.15, -0.1) is 5.10 Å². The Morgan fingerprint density at radius 1 is 1.04 bits per heavy atom. The van der Waals surface area contributed by atoms with Gasteiger partial charge >= 0.3 is 0 Å². The van der Waals surface area contributed by atoms with Crippen molar-refractivity contribution < 1.29 is 4.74 Å². The monoisotopic (exact) mass is 369 g/mol. The molecule has 3 rings (SSSR count). The first kappa shape index (κ1) is 18.4. The predicted molar refractivity (Wildman–Crippen MR) is 103 cm³/mol. The molecule has 136 valence electrons. The summed E-state index contributed by atoms with van der Waals surface area (Å²) in [5.74, 6) is 1.89. The maximum atomic E-state index is 5.81. The standard InChI is InChI=1S/C19H23N5OS/c1-24-19(21-22-23-24)26-13-5-12-20-14-16-8-10-18(11-9-16)25-15-17-6-3-2-4-7-17/h2-4,6-11,20H,5,12-15H2,1H3. The number of nitrogens with zero attached hydrogens (tertiary/aromatic N) is 4. The van der Waals surface area contributed by atoms with Crippen LogP contribution in [0.1, 0.15) is 17.5 Å². The van der Waals surface area contributed by atoms with E-state index in [1.165, 1.54) is 11.1 Å². The molecule has 1 aromatic heterocycles. The smallest absolute Gasteiger partial charge is 0.209 e. The van der Waals surface area contributed by atoms with Crippen LogP contribution in [0.5, 0.6) is 5.75 Å². The van der Waals surface area contributed by atoms with Gasteiger partial charge in [-0.1, -0.05) is 54.2 Å². The summed E-state index contributed by atoms with van der Waals surface area (Å²) in [7, 11) is 1.85. The van der Waals surface area contributed by atoms with E-state index in [4.69, 9.17) is 4.74 Å². The van der Waals surface area contributed by atoms with E-state index >= 15 is 0 Å². The number of rotatable bonds is 10. The van der Waals surface area contributed by atoms with Gasteiger partial charge in [0.1, 0.15) is 12.4 Å². The molecule has 26 heavy (non-hydrogen) atoms. The van der Waals surface area contributed by atoms with Crippen molar-refractivity contribution in [3.05, 3.63) is 65.7 Å². The van der Waals surface area contributed by atoms with E-state index in [2.05, 4.69) is 45.1 Å². The number of hydrogen-bond donors (Lipinski definition) is 1. The van der Waals surface area contributed by atoms with Gasteiger partial charge in [-0.2, -0.15) is 0 Å². The molecule has 0 aliphatic heterocycles. The molecule has 3 aromatic rings. The lowest BCUT2D eigenvalue weighted by molar-refractivity contribution is 0.306. The maximum absolute atomic E-state index is 5.81. The number of hydrogen-bond acceptors (Lipinski definition) is 6. The van der Waals surface area contributed by atoms with Crippen molar-refractivity contribution in [2.24, 2.45) is 7.05 Å². The number of benzene rings is 2. The molecule has 0 saturated carbocycles. The van der Waals surface area contributed by atoms with Crippen LogP contribution in [0.25, 0.3) is 0 Å². The Balaban J connectivity index is 1.31. The zero-order valence-electron chi connectivity index (χ0n) is 14.8. The Hall–Kier alpha value is -2.38. The van der Waals surface area contributed by atoms with E-state index in [0.717, 1.165) is 36.2 Å². The van der Waals surface area contributed by atoms with Crippen molar-refractivity contribution in [1.29, 1.82) is 0 Å². The molecule has 2 aromatic carbocycles. The second-order valence-electron chi connectivity index (χ2n) is 5.88. The Labute approximate surface area is 158 Å². The summed E-state index contributed by atoms with van der Waals surface area (Å²) in [6.45, 7) is 2.41. The fourth-order valence-corrected chi connectivity index (χ4v) is 3.17. The molecule has 0 unspecified atom stereocenters. The van der Waals surface area contributed by atoms with Crippen LogP contribution in [0.2, 0.25) is 0 Å². The molecule has 0 aliphatic rings. The van der Waals surface area contributed by atoms with E-state index in [1.54, 1.807) is 16.4 Å². The highest BCUT2D eigenvalue weighted by atomic mass is 32.2. The second kappa shape index (κ2) is 9.94. The molecule has 0 fully saturated rings. The zero-order chi connectivity index (χ0) is 18.0. The van der Waals surface area contributed by atoms with Crippen LogP contribution in [0.15, 0.2) is 59.8 Å². The summed E-state index contributed by atoms with van der Waals surface area (Å²) in [5, 5.41) is 15.7. The molecule has 0 aliphatic carbocycles. The average molecular weight is 369 g/mol. The lowest BCUT2D eigenvalue weighted by atomic mass is 10.2. The largest absolute Gasteiger partial charge is 0.489 e. The first-order valence-corrected chi connectivity index (χ1v) is 9.61. The summed E-state index contributed by atoms with van der Waals surface area (Å²) in [5.41, 5.74) is 2.43. The molecule has 0 amide bonds. The van der Waals surface area contributed by atoms with Gasteiger partial charge in [0.05, 0.1) is 0 Å². The second-order valence-corrected chi connectivity index (χ2v) is 6.94. The van der Waals surface area contributed by atoms with Crippen molar-refractivity contribution in [1.82, 2.24) is 25.5 Å². The van der Waals surface area contributed by atoms with E-state index < -0.39 is 0 Å². The molecule has 1 heterocycles. The minimum Gasteiger partial charge on any atom is -0.489 e. The third kappa shape index (κ3) is 5.86. The van der Waals surface area contributed by atoms with E-state index in [1.807, 2.05) is 37.4 Å². The van der Waals surface area contributed by atoms with Crippen molar-refractivity contribution in [2.45, 2.75) is 24.7 Å². The summed E-state index contributed by atoms with van der Waals surface area (Å²) in [4.78, 5) is 0. The van der Waals surface area contributed by atoms with Gasteiger partial charge in [0.25, 0.3) is 0 Å². The van der Waals surface area contributed by atoms with Crippen molar-refractivity contribution >= 4 is 11.8 Å². The van der Waals surface area contributed by atoms with Crippen LogP contribution in [0.3, 0.4) is 0 Å². The fourth-order valence-electron chi connectivity index (χ4n) is 2.38. The van der Waals surface area contributed by atoms with Gasteiger partial charge in [0, 0.05) is 19.3 Å². The zero-order valence-corrected chi connectivity index (χ0v) is 15.7. The topological polar surface area (TPSA) is 64.9 Å². The van der Waals surface area contributed by atoms with Crippen LogP contribution in [-0.2, 0) is 20.2 Å². The molecule has 0 radical (unpaired) electrons. The number of nitrogens with one attached hydrogen (secondary N) is 1. The van der Waals surface area contributed by atoms with Crippen LogP contribution < -0.4 is 10.1 Å². The SMILES string of the molecule is Cn1nnnc1SCCCNCc1ccc(OCc2ccccc2)cc1. The normalized spacial score (nSPS) is 10.8. The first-order valence-electron chi connectivity index (χ1n) is 8.63. The van der Waals surface area contributed by atoms with Crippen LogP contribution in [-0.4, -0.2) is 32.5 Å². The van der Waals surface area contributed by atoms with Crippen molar-refractivity contribution in [2.75, 3.05) is 12.3 Å². The Morgan fingerprint density at radius 2 is 1.85 bits per heavy atom. The predicted octanol–water partition coefficient (Wildman–Crippen LogP) is 3.06. The highest BCUT2D eigenvalue weighted by Gasteiger charge is 2.02. The molecular formula is C19H23N5OS. The van der Waals surface area contributed by atoms with Gasteiger partial charge in [0.15, 0.2) is 0 Å². The third-order valence-corrected chi connectivity index (χ3v) is 4.91. The van der Waals surface area contributed by atoms with Crippen molar-refractivity contribution in [3.63, 3.8) is 0 Å². The molecular weight excluding hydrogens is 346 g/mol. The lowest BCUT2D eigenvalue weighted by Crippen LogP contribution is -2.15. The summed E-state index contributed by atoms with van der Waals surface area (Å²) in [6.07, 6.45) is 1.07. The minimum atomic E-state index is 0.594. The first-order chi connectivity index (χ1) is 12.8. The van der Waals surface area contributed by atoms with E-state index in [-0.39, 0.29) is 0 Å². The van der Waals surface area contributed by atoms with E-state index in [0.29, 0.717) is 6.61 Å². The Bertz CT molecular complexity index is 776. The van der Waals surface area contributed by atoms with Crippen molar-refractivity contribution in [3.8, 4) is 5.75 Å². The molecule has 6 nitrogen and oxygen atoms in total. The van der Waals surface area contributed by atoms with Gasteiger partial charge in [-0.3, -0.25) is 0 Å². The number of ether oxygens (including phenoxy) is 1.